The van der Waals surface area contributed by atoms with Crippen LogP contribution in [0.25, 0.3) is 22.2 Å². The van der Waals surface area contributed by atoms with Gasteiger partial charge in [0.2, 0.25) is 11.8 Å². The van der Waals surface area contributed by atoms with Gasteiger partial charge in [0.1, 0.15) is 16.7 Å². The van der Waals surface area contributed by atoms with E-state index in [2.05, 4.69) is 24.7 Å². The Morgan fingerprint density at radius 2 is 1.76 bits per heavy atom. The van der Waals surface area contributed by atoms with E-state index < -0.39 is 11.0 Å². The van der Waals surface area contributed by atoms with Gasteiger partial charge in [0.05, 0.1) is 17.7 Å². The van der Waals surface area contributed by atoms with Crippen LogP contribution in [0.1, 0.15) is 5.69 Å². The lowest BCUT2D eigenvalue weighted by atomic mass is 10.1. The summed E-state index contributed by atoms with van der Waals surface area (Å²) in [5.74, 6) is 0.537. The zero-order valence-electron chi connectivity index (χ0n) is 15.8. The van der Waals surface area contributed by atoms with Gasteiger partial charge < -0.3 is 10.5 Å². The number of nitrogens with one attached hydrogen (secondary N) is 1. The monoisotopic (exact) mass is 406 g/mol. The second-order valence-electron chi connectivity index (χ2n) is 6.23. The lowest BCUT2D eigenvalue weighted by molar-refractivity contribution is 0.400. The minimum absolute atomic E-state index is 0.191. The minimum Gasteiger partial charge on any atom is -0.480 e. The van der Waals surface area contributed by atoms with Gasteiger partial charge in [-0.3, -0.25) is 4.72 Å². The van der Waals surface area contributed by atoms with Gasteiger partial charge >= 0.3 is 0 Å². The third-order valence-electron chi connectivity index (χ3n) is 4.30. The Hall–Kier alpha value is -3.59. The van der Waals surface area contributed by atoms with Crippen LogP contribution in [0, 0.1) is 6.92 Å². The topological polar surface area (TPSA) is 116 Å². The highest BCUT2D eigenvalue weighted by atomic mass is 32.2. The molecule has 0 aliphatic carbocycles. The van der Waals surface area contributed by atoms with E-state index in [9.17, 15) is 4.21 Å². The van der Waals surface area contributed by atoms with Crippen molar-refractivity contribution in [1.29, 1.82) is 0 Å². The second kappa shape index (κ2) is 7.80. The maximum absolute atomic E-state index is 12.7. The summed E-state index contributed by atoms with van der Waals surface area (Å²) in [5.41, 5.74) is 9.08. The number of benzene rings is 1. The molecule has 4 rings (SSSR count). The Labute approximate surface area is 169 Å². The molecule has 0 saturated heterocycles. The molecule has 1 unspecified atom stereocenters. The molecule has 146 valence electrons. The van der Waals surface area contributed by atoms with Crippen molar-refractivity contribution in [3.05, 3.63) is 60.6 Å². The molecule has 0 fully saturated rings. The maximum Gasteiger partial charge on any atom is 0.238 e. The normalized spacial score (nSPS) is 11.9. The molecular weight excluding hydrogens is 388 g/mol. The first kappa shape index (κ1) is 18.8. The summed E-state index contributed by atoms with van der Waals surface area (Å²) in [6.45, 7) is 1.86. The fourth-order valence-electron chi connectivity index (χ4n) is 2.89. The Morgan fingerprint density at radius 3 is 2.52 bits per heavy atom. The van der Waals surface area contributed by atoms with E-state index in [0.717, 1.165) is 22.2 Å². The summed E-state index contributed by atoms with van der Waals surface area (Å²) in [7, 11) is 0.0562. The van der Waals surface area contributed by atoms with E-state index >= 15 is 0 Å². The van der Waals surface area contributed by atoms with E-state index in [-0.39, 0.29) is 5.95 Å². The highest BCUT2D eigenvalue weighted by Gasteiger charge is 2.13. The van der Waals surface area contributed by atoms with E-state index in [0.29, 0.717) is 22.1 Å². The molecule has 1 aromatic carbocycles. The number of hydrogen-bond donors (Lipinski definition) is 2. The van der Waals surface area contributed by atoms with Crippen LogP contribution in [0.4, 0.5) is 11.6 Å². The Morgan fingerprint density at radius 1 is 1.03 bits per heavy atom. The van der Waals surface area contributed by atoms with Crippen molar-refractivity contribution in [1.82, 2.24) is 19.9 Å². The van der Waals surface area contributed by atoms with Gasteiger partial charge in [-0.25, -0.2) is 19.2 Å². The smallest absolute Gasteiger partial charge is 0.238 e. The largest absolute Gasteiger partial charge is 0.480 e. The van der Waals surface area contributed by atoms with Crippen molar-refractivity contribution in [2.75, 3.05) is 17.6 Å². The quantitative estimate of drug-likeness (QED) is 0.523. The van der Waals surface area contributed by atoms with Gasteiger partial charge in [-0.1, -0.05) is 18.2 Å². The lowest BCUT2D eigenvalue weighted by Crippen LogP contribution is -2.07. The van der Waals surface area contributed by atoms with Crippen LogP contribution >= 0.6 is 0 Å². The third-order valence-corrected chi connectivity index (χ3v) is 5.40. The van der Waals surface area contributed by atoms with Gasteiger partial charge in [0, 0.05) is 28.9 Å². The fraction of sp³-hybridized carbons (Fsp3) is 0.100. The Balaban J connectivity index is 1.73. The summed E-state index contributed by atoms with van der Waals surface area (Å²) < 4.78 is 20.9. The van der Waals surface area contributed by atoms with Crippen molar-refractivity contribution in [2.24, 2.45) is 0 Å². The number of nitrogen functional groups attached to an aromatic ring is 1. The molecule has 0 bridgehead atoms. The van der Waals surface area contributed by atoms with Crippen LogP contribution in [0.3, 0.4) is 0 Å². The number of rotatable bonds is 5. The summed E-state index contributed by atoms with van der Waals surface area (Å²) >= 11 is 0. The number of pyridine rings is 2. The SMILES string of the molecule is COc1ncc(-c2cnc3nc(N)nc(C)c3c2)cc1NS(=O)c1ccccc1. The molecular formula is C20H18N6O2S. The van der Waals surface area contributed by atoms with E-state index in [1.807, 2.05) is 37.3 Å². The summed E-state index contributed by atoms with van der Waals surface area (Å²) in [6.07, 6.45) is 3.36. The standard InChI is InChI=1S/C20H18N6O2S/c1-12-16-8-13(10-22-18(16)25-20(21)24-12)14-9-17(19(28-2)23-11-14)26-29(27)15-6-4-3-5-7-15/h3-11,26H,1-2H3,(H2,21,22,24,25). The Bertz CT molecular complexity index is 1220. The van der Waals surface area contributed by atoms with Gasteiger partial charge in [-0.05, 0) is 31.2 Å². The number of ether oxygens (including phenoxy) is 1. The first-order valence-corrected chi connectivity index (χ1v) is 9.88. The zero-order chi connectivity index (χ0) is 20.4. The van der Waals surface area contributed by atoms with Crippen LogP contribution in [-0.4, -0.2) is 31.3 Å². The molecule has 3 N–H and O–H groups in total. The molecule has 4 aromatic rings. The van der Waals surface area contributed by atoms with Gasteiger partial charge in [-0.2, -0.15) is 4.98 Å². The molecule has 0 saturated carbocycles. The molecule has 0 amide bonds. The van der Waals surface area contributed by atoms with Crippen LogP contribution in [-0.2, 0) is 11.0 Å². The molecule has 9 heteroatoms. The summed E-state index contributed by atoms with van der Waals surface area (Å²) in [5, 5.41) is 0.801. The molecule has 3 aromatic heterocycles. The number of hydrogen-bond acceptors (Lipinski definition) is 7. The molecule has 1 atom stereocenters. The number of methoxy groups -OCH3 is 1. The van der Waals surface area contributed by atoms with E-state index in [4.69, 9.17) is 10.5 Å². The zero-order valence-corrected chi connectivity index (χ0v) is 16.6. The van der Waals surface area contributed by atoms with E-state index in [1.54, 1.807) is 24.5 Å². The van der Waals surface area contributed by atoms with Crippen molar-refractivity contribution in [3.8, 4) is 17.0 Å². The van der Waals surface area contributed by atoms with Crippen molar-refractivity contribution < 1.29 is 8.95 Å². The van der Waals surface area contributed by atoms with Crippen LogP contribution in [0.5, 0.6) is 5.88 Å². The summed E-state index contributed by atoms with van der Waals surface area (Å²) in [6, 6.07) is 12.9. The number of fused-ring (bicyclic) bond motifs is 1. The number of aromatic nitrogens is 4. The molecule has 29 heavy (non-hydrogen) atoms. The number of nitrogens with zero attached hydrogens (tertiary/aromatic N) is 4. The number of anilines is 2. The molecule has 8 nitrogen and oxygen atoms in total. The predicted molar refractivity (Wildman–Crippen MR) is 113 cm³/mol. The first-order valence-electron chi connectivity index (χ1n) is 8.73. The lowest BCUT2D eigenvalue weighted by Gasteiger charge is -2.12. The van der Waals surface area contributed by atoms with Crippen molar-refractivity contribution in [2.45, 2.75) is 11.8 Å². The molecule has 0 aliphatic heterocycles. The average molecular weight is 406 g/mol. The van der Waals surface area contributed by atoms with Gasteiger partial charge in [0.15, 0.2) is 5.65 Å². The molecule has 0 radical (unpaired) electrons. The van der Waals surface area contributed by atoms with Crippen LogP contribution < -0.4 is 15.2 Å². The summed E-state index contributed by atoms with van der Waals surface area (Å²) in [4.78, 5) is 17.7. The molecule has 3 heterocycles. The highest BCUT2D eigenvalue weighted by molar-refractivity contribution is 7.86. The van der Waals surface area contributed by atoms with Crippen molar-refractivity contribution in [3.63, 3.8) is 0 Å². The highest BCUT2D eigenvalue weighted by Crippen LogP contribution is 2.30. The predicted octanol–water partition coefficient (Wildman–Crippen LogP) is 3.12. The average Bonchev–Trinajstić information content (AvgIpc) is 2.74. The second-order valence-corrected chi connectivity index (χ2v) is 7.44. The number of aryl methyl sites for hydroxylation is 1. The van der Waals surface area contributed by atoms with Gasteiger partial charge in [-0.15, -0.1) is 0 Å². The maximum atomic E-state index is 12.7. The minimum atomic E-state index is -1.46. The fourth-order valence-corrected chi connectivity index (χ4v) is 3.75. The molecule has 0 spiro atoms. The van der Waals surface area contributed by atoms with Crippen LogP contribution in [0.2, 0.25) is 0 Å². The Kier molecular flexibility index (Phi) is 5.05. The third kappa shape index (κ3) is 3.85. The molecule has 0 aliphatic rings. The first-order chi connectivity index (χ1) is 14.0. The van der Waals surface area contributed by atoms with E-state index in [1.165, 1.54) is 7.11 Å². The van der Waals surface area contributed by atoms with Crippen LogP contribution in [0.15, 0.2) is 59.8 Å². The number of nitrogens with two attached hydrogens (primary N) is 1. The van der Waals surface area contributed by atoms with Crippen molar-refractivity contribution >= 4 is 33.7 Å². The van der Waals surface area contributed by atoms with Gasteiger partial charge in [0.25, 0.3) is 0 Å².